The lowest BCUT2D eigenvalue weighted by atomic mass is 9.95. The lowest BCUT2D eigenvalue weighted by molar-refractivity contribution is -0.115. The largest absolute Gasteiger partial charge is 0.481 e. The topological polar surface area (TPSA) is 57.7 Å². The van der Waals surface area contributed by atoms with E-state index in [1.165, 1.54) is 0 Å². The molecule has 6 nitrogen and oxygen atoms in total. The molecule has 2 aliphatic rings. The van der Waals surface area contributed by atoms with E-state index in [9.17, 15) is 4.79 Å². The van der Waals surface area contributed by atoms with E-state index in [1.807, 2.05) is 30.3 Å². The maximum absolute atomic E-state index is 12.9. The van der Waals surface area contributed by atoms with Crippen molar-refractivity contribution in [2.75, 3.05) is 24.5 Å². The van der Waals surface area contributed by atoms with Crippen LogP contribution < -0.4 is 15.1 Å². The quantitative estimate of drug-likeness (QED) is 0.909. The predicted molar refractivity (Wildman–Crippen MR) is 91.9 cm³/mol. The Morgan fingerprint density at radius 2 is 2.12 bits per heavy atom. The zero-order valence-electron chi connectivity index (χ0n) is 13.2. The summed E-state index contributed by atoms with van der Waals surface area (Å²) in [5.41, 5.74) is 3.29. The standard InChI is InChI=1S/C17H15ClN4O2/c1-21-16-12-7-10(18)3-4-14(12)20-9-13(16)17(23)22(21)11-5-6-19-15(8-11)24-2/h3-9,16,20H,1-2H3. The van der Waals surface area contributed by atoms with Crippen molar-refractivity contribution >= 4 is 28.9 Å². The van der Waals surface area contributed by atoms with Gasteiger partial charge >= 0.3 is 0 Å². The second kappa shape index (κ2) is 5.51. The average molecular weight is 343 g/mol. The van der Waals surface area contributed by atoms with Crippen molar-refractivity contribution < 1.29 is 9.53 Å². The zero-order valence-corrected chi connectivity index (χ0v) is 13.9. The molecule has 1 atom stereocenters. The Bertz CT molecular complexity index is 867. The van der Waals surface area contributed by atoms with Gasteiger partial charge in [0.05, 0.1) is 24.4 Å². The minimum Gasteiger partial charge on any atom is -0.481 e. The Hall–Kier alpha value is -2.57. The molecule has 1 unspecified atom stereocenters. The Labute approximate surface area is 144 Å². The maximum Gasteiger partial charge on any atom is 0.272 e. The molecule has 2 aliphatic heterocycles. The molecule has 0 radical (unpaired) electrons. The van der Waals surface area contributed by atoms with Crippen LogP contribution >= 0.6 is 11.6 Å². The van der Waals surface area contributed by atoms with E-state index in [4.69, 9.17) is 16.3 Å². The third-order valence-corrected chi connectivity index (χ3v) is 4.52. The fourth-order valence-electron chi connectivity index (χ4n) is 3.20. The summed E-state index contributed by atoms with van der Waals surface area (Å²) in [7, 11) is 3.43. The van der Waals surface area contributed by atoms with Crippen LogP contribution in [0.2, 0.25) is 5.02 Å². The molecule has 3 heterocycles. The van der Waals surface area contributed by atoms with E-state index >= 15 is 0 Å². The summed E-state index contributed by atoms with van der Waals surface area (Å²) in [5, 5.41) is 7.34. The van der Waals surface area contributed by atoms with Gasteiger partial charge in [0, 0.05) is 41.8 Å². The molecule has 1 fully saturated rings. The highest BCUT2D eigenvalue weighted by molar-refractivity contribution is 6.30. The number of pyridine rings is 1. The smallest absolute Gasteiger partial charge is 0.272 e. The second-order valence-electron chi connectivity index (χ2n) is 5.63. The number of likely N-dealkylation sites (N-methyl/N-ethyl adjacent to an activating group) is 1. The van der Waals surface area contributed by atoms with Crippen molar-refractivity contribution in [3.63, 3.8) is 0 Å². The van der Waals surface area contributed by atoms with Gasteiger partial charge in [-0.2, -0.15) is 0 Å². The van der Waals surface area contributed by atoms with E-state index < -0.39 is 0 Å². The van der Waals surface area contributed by atoms with E-state index in [1.54, 1.807) is 36.6 Å². The molecule has 1 aromatic heterocycles. The molecular weight excluding hydrogens is 328 g/mol. The van der Waals surface area contributed by atoms with Gasteiger partial charge < -0.3 is 10.1 Å². The lowest BCUT2D eigenvalue weighted by Crippen LogP contribution is -2.37. The monoisotopic (exact) mass is 342 g/mol. The molecule has 122 valence electrons. The van der Waals surface area contributed by atoms with Crippen LogP contribution in [-0.2, 0) is 4.79 Å². The molecule has 24 heavy (non-hydrogen) atoms. The minimum atomic E-state index is -0.188. The van der Waals surface area contributed by atoms with Gasteiger partial charge in [-0.15, -0.1) is 0 Å². The molecule has 1 amide bonds. The number of carbonyl (C=O) groups is 1. The molecular formula is C17H15ClN4O2. The predicted octanol–water partition coefficient (Wildman–Crippen LogP) is 2.99. The zero-order chi connectivity index (χ0) is 16.8. The summed E-state index contributed by atoms with van der Waals surface area (Å²) in [6.45, 7) is 0. The first-order valence-electron chi connectivity index (χ1n) is 7.43. The van der Waals surface area contributed by atoms with Gasteiger partial charge in [-0.05, 0) is 24.3 Å². The van der Waals surface area contributed by atoms with Crippen molar-refractivity contribution in [1.82, 2.24) is 9.99 Å². The van der Waals surface area contributed by atoms with Crippen LogP contribution in [0.5, 0.6) is 5.88 Å². The number of hydrazine groups is 1. The van der Waals surface area contributed by atoms with Crippen molar-refractivity contribution in [1.29, 1.82) is 0 Å². The highest BCUT2D eigenvalue weighted by Gasteiger charge is 2.44. The van der Waals surface area contributed by atoms with Gasteiger partial charge in [0.1, 0.15) is 0 Å². The number of nitrogens with zero attached hydrogens (tertiary/aromatic N) is 3. The number of aromatic nitrogens is 1. The van der Waals surface area contributed by atoms with Crippen molar-refractivity contribution in [2.24, 2.45) is 0 Å². The molecule has 2 aromatic rings. The SMILES string of the molecule is COc1cc(N2C(=O)C3=CNc4ccc(Cl)cc4C3N2C)ccn1. The molecule has 1 saturated heterocycles. The van der Waals surface area contributed by atoms with E-state index in [0.29, 0.717) is 22.2 Å². The summed E-state index contributed by atoms with van der Waals surface area (Å²) < 4.78 is 5.16. The number of anilines is 2. The van der Waals surface area contributed by atoms with Crippen LogP contribution in [0.1, 0.15) is 11.6 Å². The summed E-state index contributed by atoms with van der Waals surface area (Å²) in [5.74, 6) is 0.369. The van der Waals surface area contributed by atoms with Gasteiger partial charge in [-0.25, -0.2) is 15.0 Å². The number of nitrogens with one attached hydrogen (secondary N) is 1. The van der Waals surface area contributed by atoms with E-state index in [0.717, 1.165) is 11.3 Å². The number of hydrogen-bond donors (Lipinski definition) is 1. The van der Waals surface area contributed by atoms with Crippen LogP contribution in [0.4, 0.5) is 11.4 Å². The molecule has 0 bridgehead atoms. The Morgan fingerprint density at radius 3 is 2.92 bits per heavy atom. The number of hydrogen-bond acceptors (Lipinski definition) is 5. The Balaban J connectivity index is 1.80. The molecule has 1 aromatic carbocycles. The van der Waals surface area contributed by atoms with Crippen LogP contribution in [0.25, 0.3) is 0 Å². The molecule has 0 aliphatic carbocycles. The van der Waals surface area contributed by atoms with Crippen LogP contribution in [0.3, 0.4) is 0 Å². The number of ether oxygens (including phenoxy) is 1. The normalized spacial score (nSPS) is 19.5. The number of carbonyl (C=O) groups excluding carboxylic acids is 1. The van der Waals surface area contributed by atoms with Crippen molar-refractivity contribution in [2.45, 2.75) is 6.04 Å². The van der Waals surface area contributed by atoms with Gasteiger partial charge in [0.25, 0.3) is 5.91 Å². The number of amides is 1. The van der Waals surface area contributed by atoms with Crippen LogP contribution in [0, 0.1) is 0 Å². The molecule has 4 rings (SSSR count). The van der Waals surface area contributed by atoms with Gasteiger partial charge in [-0.3, -0.25) is 4.79 Å². The van der Waals surface area contributed by atoms with Crippen LogP contribution in [-0.4, -0.2) is 30.1 Å². The maximum atomic E-state index is 12.9. The highest BCUT2D eigenvalue weighted by Crippen LogP contribution is 2.44. The highest BCUT2D eigenvalue weighted by atomic mass is 35.5. The molecule has 0 saturated carbocycles. The third kappa shape index (κ3) is 2.15. The summed E-state index contributed by atoms with van der Waals surface area (Å²) in [4.78, 5) is 17.0. The molecule has 7 heteroatoms. The first-order valence-corrected chi connectivity index (χ1v) is 7.81. The lowest BCUT2D eigenvalue weighted by Gasteiger charge is -2.30. The summed E-state index contributed by atoms with van der Waals surface area (Å²) in [6.07, 6.45) is 3.38. The number of halogens is 1. The summed E-state index contributed by atoms with van der Waals surface area (Å²) in [6, 6.07) is 8.96. The fourth-order valence-corrected chi connectivity index (χ4v) is 3.38. The number of methoxy groups -OCH3 is 1. The number of benzene rings is 1. The summed E-state index contributed by atoms with van der Waals surface area (Å²) >= 11 is 6.16. The van der Waals surface area contributed by atoms with Gasteiger partial charge in [0.15, 0.2) is 0 Å². The first-order chi connectivity index (χ1) is 11.6. The third-order valence-electron chi connectivity index (χ3n) is 4.29. The Kier molecular flexibility index (Phi) is 3.44. The fraction of sp³-hybridized carbons (Fsp3) is 0.176. The molecule has 1 N–H and O–H groups in total. The minimum absolute atomic E-state index is 0.0890. The van der Waals surface area contributed by atoms with Gasteiger partial charge in [0.2, 0.25) is 5.88 Å². The van der Waals surface area contributed by atoms with Crippen molar-refractivity contribution in [3.05, 3.63) is 58.9 Å². The average Bonchev–Trinajstić information content (AvgIpc) is 2.86. The Morgan fingerprint density at radius 1 is 1.29 bits per heavy atom. The number of fused-ring (bicyclic) bond motifs is 3. The second-order valence-corrected chi connectivity index (χ2v) is 6.06. The van der Waals surface area contributed by atoms with Gasteiger partial charge in [-0.1, -0.05) is 11.6 Å². The molecule has 0 spiro atoms. The van der Waals surface area contributed by atoms with Crippen LogP contribution in [0.15, 0.2) is 48.3 Å². The first kappa shape index (κ1) is 15.0. The van der Waals surface area contributed by atoms with Crippen molar-refractivity contribution in [3.8, 4) is 5.88 Å². The van der Waals surface area contributed by atoms with E-state index in [-0.39, 0.29) is 11.9 Å². The van der Waals surface area contributed by atoms with E-state index in [2.05, 4.69) is 10.3 Å². The number of rotatable bonds is 2.